The molecule has 2 aromatic carbocycles. The second-order valence-corrected chi connectivity index (χ2v) is 4.25. The summed E-state index contributed by atoms with van der Waals surface area (Å²) >= 11 is 5.90. The standard InChI is InChI=1S/C14H11ClFNO2/c15-14-7-12(16)5-4-11(14)9-19-13-3-1-2-10(6-13)8-17-18/h1-8,18H,9H2/b17-8-. The van der Waals surface area contributed by atoms with E-state index in [0.29, 0.717) is 21.9 Å². The smallest absolute Gasteiger partial charge is 0.124 e. The Hall–Kier alpha value is -2.07. The molecule has 0 heterocycles. The highest BCUT2D eigenvalue weighted by atomic mass is 35.5. The Morgan fingerprint density at radius 2 is 2.11 bits per heavy atom. The van der Waals surface area contributed by atoms with Crippen molar-refractivity contribution in [3.63, 3.8) is 0 Å². The molecule has 0 aliphatic heterocycles. The predicted octanol–water partition coefficient (Wildman–Crippen LogP) is 3.87. The maximum Gasteiger partial charge on any atom is 0.124 e. The van der Waals surface area contributed by atoms with E-state index in [1.165, 1.54) is 18.3 Å². The number of hydrogen-bond donors (Lipinski definition) is 1. The second-order valence-electron chi connectivity index (χ2n) is 3.84. The first-order chi connectivity index (χ1) is 9.19. The Morgan fingerprint density at radius 3 is 2.84 bits per heavy atom. The fourth-order valence-electron chi connectivity index (χ4n) is 1.55. The van der Waals surface area contributed by atoms with Crippen LogP contribution >= 0.6 is 11.6 Å². The minimum absolute atomic E-state index is 0.235. The minimum Gasteiger partial charge on any atom is -0.489 e. The lowest BCUT2D eigenvalue weighted by Crippen LogP contribution is -1.97. The van der Waals surface area contributed by atoms with Gasteiger partial charge in [0.2, 0.25) is 0 Å². The molecule has 0 fully saturated rings. The SMILES string of the molecule is O/N=C\c1cccc(OCc2ccc(F)cc2Cl)c1. The normalized spacial score (nSPS) is 10.8. The second kappa shape index (κ2) is 6.20. The van der Waals surface area contributed by atoms with Crippen molar-refractivity contribution in [3.8, 4) is 5.75 Å². The molecule has 0 radical (unpaired) electrons. The minimum atomic E-state index is -0.380. The van der Waals surface area contributed by atoms with E-state index >= 15 is 0 Å². The Bertz CT molecular complexity index is 602. The van der Waals surface area contributed by atoms with Crippen molar-refractivity contribution in [2.75, 3.05) is 0 Å². The highest BCUT2D eigenvalue weighted by Gasteiger charge is 2.03. The van der Waals surface area contributed by atoms with E-state index in [9.17, 15) is 4.39 Å². The third-order valence-corrected chi connectivity index (χ3v) is 2.83. The van der Waals surface area contributed by atoms with Crippen molar-refractivity contribution >= 4 is 17.8 Å². The summed E-state index contributed by atoms with van der Waals surface area (Å²) in [6.45, 7) is 0.235. The van der Waals surface area contributed by atoms with Crippen LogP contribution in [0, 0.1) is 5.82 Å². The topological polar surface area (TPSA) is 41.8 Å². The molecule has 0 spiro atoms. The lowest BCUT2D eigenvalue weighted by atomic mass is 10.2. The zero-order valence-electron chi connectivity index (χ0n) is 9.88. The molecular formula is C14H11ClFNO2. The summed E-state index contributed by atoms with van der Waals surface area (Å²) in [6, 6.07) is 11.2. The number of oxime groups is 1. The first-order valence-corrected chi connectivity index (χ1v) is 5.91. The molecule has 19 heavy (non-hydrogen) atoms. The summed E-state index contributed by atoms with van der Waals surface area (Å²) in [4.78, 5) is 0. The molecule has 0 bridgehead atoms. The van der Waals surface area contributed by atoms with Gasteiger partial charge in [-0.1, -0.05) is 35.0 Å². The molecule has 3 nitrogen and oxygen atoms in total. The summed E-state index contributed by atoms with van der Waals surface area (Å²) in [6.07, 6.45) is 1.30. The van der Waals surface area contributed by atoms with Crippen LogP contribution in [-0.4, -0.2) is 11.4 Å². The van der Waals surface area contributed by atoms with E-state index in [1.807, 2.05) is 0 Å². The van der Waals surface area contributed by atoms with Gasteiger partial charge in [-0.25, -0.2) is 4.39 Å². The summed E-state index contributed by atoms with van der Waals surface area (Å²) in [5, 5.41) is 11.7. The maximum absolute atomic E-state index is 12.9. The fraction of sp³-hybridized carbons (Fsp3) is 0.0714. The van der Waals surface area contributed by atoms with E-state index < -0.39 is 0 Å². The van der Waals surface area contributed by atoms with Gasteiger partial charge in [0.25, 0.3) is 0 Å². The van der Waals surface area contributed by atoms with Crippen molar-refractivity contribution in [2.45, 2.75) is 6.61 Å². The van der Waals surface area contributed by atoms with Crippen LogP contribution in [0.25, 0.3) is 0 Å². The van der Waals surface area contributed by atoms with Gasteiger partial charge in [-0.2, -0.15) is 0 Å². The predicted molar refractivity (Wildman–Crippen MR) is 71.6 cm³/mol. The quantitative estimate of drug-likeness (QED) is 0.524. The van der Waals surface area contributed by atoms with E-state index in [-0.39, 0.29) is 12.4 Å². The fourth-order valence-corrected chi connectivity index (χ4v) is 1.77. The first-order valence-electron chi connectivity index (χ1n) is 5.53. The highest BCUT2D eigenvalue weighted by Crippen LogP contribution is 2.20. The molecule has 2 aromatic rings. The molecule has 5 heteroatoms. The summed E-state index contributed by atoms with van der Waals surface area (Å²) in [5.41, 5.74) is 1.41. The van der Waals surface area contributed by atoms with E-state index in [1.54, 1.807) is 30.3 Å². The van der Waals surface area contributed by atoms with Crippen molar-refractivity contribution in [2.24, 2.45) is 5.16 Å². The largest absolute Gasteiger partial charge is 0.489 e. The van der Waals surface area contributed by atoms with Gasteiger partial charge in [-0.05, 0) is 29.8 Å². The monoisotopic (exact) mass is 279 g/mol. The van der Waals surface area contributed by atoms with Gasteiger partial charge >= 0.3 is 0 Å². The van der Waals surface area contributed by atoms with Gasteiger partial charge in [0.15, 0.2) is 0 Å². The number of hydrogen-bond acceptors (Lipinski definition) is 3. The molecule has 0 aliphatic carbocycles. The zero-order valence-corrected chi connectivity index (χ0v) is 10.6. The molecule has 2 rings (SSSR count). The highest BCUT2D eigenvalue weighted by molar-refractivity contribution is 6.31. The molecule has 0 atom stereocenters. The van der Waals surface area contributed by atoms with Crippen LogP contribution < -0.4 is 4.74 Å². The molecule has 0 saturated heterocycles. The number of nitrogens with zero attached hydrogens (tertiary/aromatic N) is 1. The lowest BCUT2D eigenvalue weighted by Gasteiger charge is -2.08. The zero-order chi connectivity index (χ0) is 13.7. The van der Waals surface area contributed by atoms with Gasteiger partial charge in [0.05, 0.1) is 11.2 Å². The van der Waals surface area contributed by atoms with Crippen LogP contribution in [0.15, 0.2) is 47.6 Å². The van der Waals surface area contributed by atoms with E-state index in [2.05, 4.69) is 5.16 Å². The van der Waals surface area contributed by atoms with Gasteiger partial charge in [-0.15, -0.1) is 0 Å². The van der Waals surface area contributed by atoms with E-state index in [4.69, 9.17) is 21.5 Å². The number of rotatable bonds is 4. The summed E-state index contributed by atoms with van der Waals surface area (Å²) in [7, 11) is 0. The van der Waals surface area contributed by atoms with Gasteiger partial charge in [0, 0.05) is 5.56 Å². The Kier molecular flexibility index (Phi) is 4.36. The average Bonchev–Trinajstić information content (AvgIpc) is 2.38. The van der Waals surface area contributed by atoms with E-state index in [0.717, 1.165) is 0 Å². The molecule has 0 saturated carbocycles. The van der Waals surface area contributed by atoms with Crippen LogP contribution in [0.2, 0.25) is 5.02 Å². The van der Waals surface area contributed by atoms with Crippen molar-refractivity contribution in [1.82, 2.24) is 0 Å². The van der Waals surface area contributed by atoms with Crippen LogP contribution in [0.5, 0.6) is 5.75 Å². The Balaban J connectivity index is 2.07. The third-order valence-electron chi connectivity index (χ3n) is 2.47. The van der Waals surface area contributed by atoms with Crippen LogP contribution in [0.3, 0.4) is 0 Å². The Labute approximate surface area is 114 Å². The molecular weight excluding hydrogens is 269 g/mol. The summed E-state index contributed by atoms with van der Waals surface area (Å²) in [5.74, 6) is 0.229. The van der Waals surface area contributed by atoms with Gasteiger partial charge in [0.1, 0.15) is 18.2 Å². The maximum atomic E-state index is 12.9. The number of benzene rings is 2. The molecule has 98 valence electrons. The van der Waals surface area contributed by atoms with Crippen molar-refractivity contribution in [1.29, 1.82) is 0 Å². The van der Waals surface area contributed by atoms with Gasteiger partial charge < -0.3 is 9.94 Å². The third kappa shape index (κ3) is 3.69. The average molecular weight is 280 g/mol. The molecule has 0 aromatic heterocycles. The van der Waals surface area contributed by atoms with Crippen LogP contribution in [0.1, 0.15) is 11.1 Å². The summed E-state index contributed by atoms with van der Waals surface area (Å²) < 4.78 is 18.4. The molecule has 0 unspecified atom stereocenters. The van der Waals surface area contributed by atoms with Crippen LogP contribution in [-0.2, 0) is 6.61 Å². The van der Waals surface area contributed by atoms with Crippen molar-refractivity contribution in [3.05, 3.63) is 64.4 Å². The molecule has 1 N–H and O–H groups in total. The number of halogens is 2. The van der Waals surface area contributed by atoms with Gasteiger partial charge in [-0.3, -0.25) is 0 Å². The first kappa shape index (κ1) is 13.4. The molecule has 0 amide bonds. The van der Waals surface area contributed by atoms with Crippen molar-refractivity contribution < 1.29 is 14.3 Å². The number of ether oxygens (including phenoxy) is 1. The lowest BCUT2D eigenvalue weighted by molar-refractivity contribution is 0.306. The Morgan fingerprint density at radius 1 is 1.26 bits per heavy atom. The van der Waals surface area contributed by atoms with Crippen LogP contribution in [0.4, 0.5) is 4.39 Å². The molecule has 0 aliphatic rings.